The number of hydrogen-bond donors (Lipinski definition) is 3. The molecule has 15 heteroatoms. The van der Waals surface area contributed by atoms with E-state index in [4.69, 9.17) is 14.5 Å². The van der Waals surface area contributed by atoms with Gasteiger partial charge < -0.3 is 34.3 Å². The van der Waals surface area contributed by atoms with E-state index in [0.717, 1.165) is 57.3 Å². The number of hydrogen-bond acceptors (Lipinski definition) is 10. The SMILES string of the molecule is C=CC(=O)N1CC[C@H](C(=O)N(C)C(C(=O)N[C@H]2Cc3cc(O)cc(c3)-c3ccc4c(c3)c(c(-c3cncc5c3[C@@H](OC)CC5)n4CC)CC(C)(C)COC(=O)[C@@H]3CCCN(N3)C2=O)C(C)C)C1. The third-order valence-corrected chi connectivity index (χ3v) is 14.1. The second-order valence-corrected chi connectivity index (χ2v) is 19.9. The average molecular weight is 916 g/mol. The molecule has 4 aliphatic rings. The Hall–Kier alpha value is -6.06. The fraction of sp³-hybridized carbons (Fsp3) is 0.500. The van der Waals surface area contributed by atoms with Crippen LogP contribution >= 0.6 is 0 Å². The molecule has 5 heterocycles. The molecular formula is C52H65N7O8. The number of rotatable bonds is 9. The summed E-state index contributed by atoms with van der Waals surface area (Å²) in [7, 11) is 3.34. The zero-order chi connectivity index (χ0) is 47.9. The molecule has 5 atom stereocenters. The predicted molar refractivity (Wildman–Crippen MR) is 254 cm³/mol. The second kappa shape index (κ2) is 19.3. The summed E-state index contributed by atoms with van der Waals surface area (Å²) >= 11 is 0. The number of likely N-dealkylation sites (N-methyl/N-ethyl adjacent to an activating group) is 1. The number of carbonyl (C=O) groups excluding carboxylic acids is 5. The van der Waals surface area contributed by atoms with Crippen molar-refractivity contribution < 1.29 is 38.6 Å². The minimum atomic E-state index is -1.16. The number of aromatic nitrogens is 2. The zero-order valence-corrected chi connectivity index (χ0v) is 39.9. The first kappa shape index (κ1) is 47.4. The monoisotopic (exact) mass is 915 g/mol. The van der Waals surface area contributed by atoms with Crippen LogP contribution < -0.4 is 10.7 Å². The quantitative estimate of drug-likeness (QED) is 0.136. The summed E-state index contributed by atoms with van der Waals surface area (Å²) in [5.41, 5.74) is 11.3. The van der Waals surface area contributed by atoms with Crippen LogP contribution in [0.5, 0.6) is 5.75 Å². The number of carbonyl (C=O) groups is 5. The fourth-order valence-corrected chi connectivity index (χ4v) is 10.9. The van der Waals surface area contributed by atoms with Gasteiger partial charge in [0, 0.05) is 81.0 Å². The van der Waals surface area contributed by atoms with Crippen molar-refractivity contribution in [2.24, 2.45) is 17.3 Å². The molecule has 0 saturated carbocycles. The molecule has 2 fully saturated rings. The van der Waals surface area contributed by atoms with E-state index in [1.165, 1.54) is 21.5 Å². The van der Waals surface area contributed by atoms with Gasteiger partial charge in [-0.15, -0.1) is 0 Å². The van der Waals surface area contributed by atoms with Crippen molar-refractivity contribution in [1.82, 2.24) is 35.1 Å². The lowest BCUT2D eigenvalue weighted by Gasteiger charge is -2.37. The topological polar surface area (TPSA) is 176 Å². The van der Waals surface area contributed by atoms with Crippen LogP contribution in [-0.4, -0.2) is 118 Å². The molecule has 0 spiro atoms. The van der Waals surface area contributed by atoms with Crippen molar-refractivity contribution in [3.8, 4) is 28.1 Å². The highest BCUT2D eigenvalue weighted by molar-refractivity contribution is 5.96. The molecule has 4 aromatic rings. The first-order valence-electron chi connectivity index (χ1n) is 23.7. The summed E-state index contributed by atoms with van der Waals surface area (Å²) < 4.78 is 14.5. The number of ether oxygens (including phenoxy) is 2. The Balaban J connectivity index is 1.20. The number of aryl methyl sites for hydroxylation is 2. The molecule has 2 aromatic carbocycles. The van der Waals surface area contributed by atoms with Crippen molar-refractivity contribution in [3.63, 3.8) is 0 Å². The van der Waals surface area contributed by atoms with Gasteiger partial charge >= 0.3 is 5.97 Å². The lowest BCUT2D eigenvalue weighted by Crippen LogP contribution is -2.62. The molecule has 6 bridgehead atoms. The Labute approximate surface area is 392 Å². The maximum atomic E-state index is 14.7. The molecule has 3 aliphatic heterocycles. The molecule has 67 heavy (non-hydrogen) atoms. The van der Waals surface area contributed by atoms with Gasteiger partial charge in [0.1, 0.15) is 23.9 Å². The van der Waals surface area contributed by atoms with Gasteiger partial charge in [-0.1, -0.05) is 46.4 Å². The van der Waals surface area contributed by atoms with E-state index >= 15 is 0 Å². The molecule has 2 aromatic heterocycles. The summed E-state index contributed by atoms with van der Waals surface area (Å²) in [5, 5.41) is 16.8. The number of cyclic esters (lactones) is 1. The largest absolute Gasteiger partial charge is 0.508 e. The summed E-state index contributed by atoms with van der Waals surface area (Å²) in [6.45, 7) is 15.3. The van der Waals surface area contributed by atoms with Crippen LogP contribution in [0.1, 0.15) is 88.7 Å². The third kappa shape index (κ3) is 9.45. The van der Waals surface area contributed by atoms with Gasteiger partial charge in [0.25, 0.3) is 5.91 Å². The number of phenols is 1. The first-order valence-corrected chi connectivity index (χ1v) is 23.7. The van der Waals surface area contributed by atoms with E-state index in [9.17, 15) is 29.1 Å². The second-order valence-electron chi connectivity index (χ2n) is 19.9. The number of esters is 1. The zero-order valence-electron chi connectivity index (χ0n) is 39.9. The number of nitrogens with one attached hydrogen (secondary N) is 2. The number of amides is 4. The number of nitrogens with zero attached hydrogens (tertiary/aromatic N) is 5. The highest BCUT2D eigenvalue weighted by Gasteiger charge is 2.40. The molecule has 1 aliphatic carbocycles. The maximum Gasteiger partial charge on any atom is 0.324 e. The van der Waals surface area contributed by atoms with Crippen molar-refractivity contribution >= 4 is 40.5 Å². The normalized spacial score (nSPS) is 22.3. The molecule has 8 rings (SSSR count). The van der Waals surface area contributed by atoms with Gasteiger partial charge in [0.15, 0.2) is 0 Å². The minimum absolute atomic E-state index is 0.00549. The number of hydrazine groups is 1. The average Bonchev–Trinajstić information content (AvgIpc) is 4.05. The van der Waals surface area contributed by atoms with Crippen LogP contribution in [-0.2, 0) is 59.3 Å². The van der Waals surface area contributed by atoms with E-state index in [0.29, 0.717) is 44.3 Å². The summed E-state index contributed by atoms with van der Waals surface area (Å²) in [4.78, 5) is 77.2. The van der Waals surface area contributed by atoms with Crippen molar-refractivity contribution in [2.45, 2.75) is 110 Å². The van der Waals surface area contributed by atoms with E-state index < -0.39 is 47.2 Å². The van der Waals surface area contributed by atoms with Crippen LogP contribution in [0.15, 0.2) is 61.4 Å². The Morgan fingerprint density at radius 1 is 1.09 bits per heavy atom. The van der Waals surface area contributed by atoms with E-state index in [1.54, 1.807) is 31.2 Å². The smallest absolute Gasteiger partial charge is 0.324 e. The van der Waals surface area contributed by atoms with E-state index in [1.807, 2.05) is 38.4 Å². The molecule has 15 nitrogen and oxygen atoms in total. The summed E-state index contributed by atoms with van der Waals surface area (Å²) in [6, 6.07) is 8.60. The highest BCUT2D eigenvalue weighted by atomic mass is 16.5. The Morgan fingerprint density at radius 2 is 1.88 bits per heavy atom. The molecule has 4 amide bonds. The van der Waals surface area contributed by atoms with Crippen LogP contribution in [0.4, 0.5) is 0 Å². The van der Waals surface area contributed by atoms with Gasteiger partial charge in [0.2, 0.25) is 17.7 Å². The van der Waals surface area contributed by atoms with E-state index in [-0.39, 0.29) is 55.7 Å². The fourth-order valence-electron chi connectivity index (χ4n) is 10.9. The van der Waals surface area contributed by atoms with Crippen LogP contribution in [0.25, 0.3) is 33.3 Å². The number of methoxy groups -OCH3 is 1. The number of pyridine rings is 1. The highest BCUT2D eigenvalue weighted by Crippen LogP contribution is 2.46. The molecule has 1 unspecified atom stereocenters. The molecule has 356 valence electrons. The number of aromatic hydroxyl groups is 1. The van der Waals surface area contributed by atoms with Crippen LogP contribution in [0, 0.1) is 17.3 Å². The maximum absolute atomic E-state index is 14.7. The van der Waals surface area contributed by atoms with Crippen molar-refractivity contribution in [1.29, 1.82) is 0 Å². The molecule has 3 N–H and O–H groups in total. The third-order valence-electron chi connectivity index (χ3n) is 14.1. The molecule has 0 radical (unpaired) electrons. The molecule has 2 saturated heterocycles. The van der Waals surface area contributed by atoms with Crippen LogP contribution in [0.3, 0.4) is 0 Å². The van der Waals surface area contributed by atoms with Gasteiger partial charge in [-0.05, 0) is 115 Å². The van der Waals surface area contributed by atoms with E-state index in [2.05, 4.69) is 54.8 Å². The van der Waals surface area contributed by atoms with Gasteiger partial charge in [-0.2, -0.15) is 0 Å². The van der Waals surface area contributed by atoms with Gasteiger partial charge in [0.05, 0.1) is 24.3 Å². The van der Waals surface area contributed by atoms with Crippen LogP contribution in [0.2, 0.25) is 0 Å². The number of fused-ring (bicyclic) bond motifs is 7. The Morgan fingerprint density at radius 3 is 2.61 bits per heavy atom. The summed E-state index contributed by atoms with van der Waals surface area (Å²) in [5.74, 6) is -2.83. The minimum Gasteiger partial charge on any atom is -0.508 e. The van der Waals surface area contributed by atoms with Gasteiger partial charge in [-0.25, -0.2) is 5.43 Å². The lowest BCUT2D eigenvalue weighted by atomic mass is 9.83. The summed E-state index contributed by atoms with van der Waals surface area (Å²) in [6.07, 6.45) is 8.76. The first-order chi connectivity index (χ1) is 32.0. The Kier molecular flexibility index (Phi) is 13.6. The standard InChI is InChI=1S/C52H65N7O8/c1-9-44(61)57-19-17-34(28-57)49(63)56(7)46(30(3)4)48(62)54-41-22-31-20-35(23-36(60)21-31)32-13-15-42-37(24-32)38(25-52(5,6)29-67-51(65)40-12-11-18-59(55-40)50(41)64)47(58(42)10-2)39-27-53-26-33-14-16-43(66-8)45(33)39/h9,13,15,20-21,23-24,26-27,30,34,40-41,43,46,55,60H,1,10-12,14,16-19,22,25,28-29H2,2-8H3,(H,54,62)/t34-,40-,41-,43-,46?/m0/s1. The molecular weight excluding hydrogens is 851 g/mol. The number of likely N-dealkylation sites (tertiary alicyclic amines) is 1. The number of benzene rings is 2. The van der Waals surface area contributed by atoms with Crippen molar-refractivity contribution in [2.75, 3.05) is 40.4 Å². The Bertz CT molecular complexity index is 2600. The number of phenolic OH excluding ortho intramolecular Hbond substituents is 1. The predicted octanol–water partition coefficient (Wildman–Crippen LogP) is 5.90. The van der Waals surface area contributed by atoms with Crippen molar-refractivity contribution in [3.05, 3.63) is 83.7 Å². The van der Waals surface area contributed by atoms with Gasteiger partial charge in [-0.3, -0.25) is 34.0 Å². The lowest BCUT2D eigenvalue weighted by molar-refractivity contribution is -0.155.